The first-order valence-corrected chi connectivity index (χ1v) is 10.5. The molecule has 1 aliphatic rings. The van der Waals surface area contributed by atoms with Gasteiger partial charge in [0, 0.05) is 56.4 Å². The number of carbonyl (C=O) groups is 5. The van der Waals surface area contributed by atoms with Gasteiger partial charge in [0.05, 0.1) is 7.11 Å². The first-order valence-electron chi connectivity index (χ1n) is 10.5. The number of hydrogen-bond acceptors (Lipinski definition) is 7. The topological polar surface area (TPSA) is 142 Å². The lowest BCUT2D eigenvalue weighted by Crippen LogP contribution is -2.35. The lowest BCUT2D eigenvalue weighted by molar-refractivity contribution is -0.141. The van der Waals surface area contributed by atoms with Gasteiger partial charge in [-0.2, -0.15) is 0 Å². The van der Waals surface area contributed by atoms with Gasteiger partial charge < -0.3 is 20.5 Å². The molecule has 32 heavy (non-hydrogen) atoms. The Kier molecular flexibility index (Phi) is 11.5. The molecule has 1 unspecified atom stereocenters. The zero-order valence-electron chi connectivity index (χ0n) is 18.7. The summed E-state index contributed by atoms with van der Waals surface area (Å²) in [7, 11) is 1.38. The molecule has 1 aliphatic heterocycles. The quantitative estimate of drug-likeness (QED) is 0.384. The normalized spacial score (nSPS) is 15.0. The molecule has 0 spiro atoms. The van der Waals surface area contributed by atoms with E-state index in [1.54, 1.807) is 19.1 Å². The van der Waals surface area contributed by atoms with Gasteiger partial charge in [-0.05, 0) is 18.6 Å². The molecule has 176 valence electrons. The van der Waals surface area contributed by atoms with Crippen LogP contribution in [-0.4, -0.2) is 59.8 Å². The van der Waals surface area contributed by atoms with Crippen LogP contribution in [0.4, 0.5) is 5.69 Å². The van der Waals surface area contributed by atoms with E-state index in [2.05, 4.69) is 15.4 Å². The van der Waals surface area contributed by atoms with Gasteiger partial charge in [-0.1, -0.05) is 19.9 Å². The molecule has 0 bridgehead atoms. The van der Waals surface area contributed by atoms with Gasteiger partial charge in [0.2, 0.25) is 23.6 Å². The average Bonchev–Trinajstić information content (AvgIpc) is 3.04. The molecular weight excluding hydrogens is 418 g/mol. The zero-order valence-corrected chi connectivity index (χ0v) is 18.7. The number of likely N-dealkylation sites (tertiary alicyclic amines) is 1. The van der Waals surface area contributed by atoms with Crippen molar-refractivity contribution in [3.63, 3.8) is 0 Å². The van der Waals surface area contributed by atoms with Crippen molar-refractivity contribution in [3.8, 4) is 5.75 Å². The minimum Gasteiger partial charge on any atom is -0.508 e. The summed E-state index contributed by atoms with van der Waals surface area (Å²) in [6.45, 7) is 3.82. The van der Waals surface area contributed by atoms with Crippen LogP contribution in [0.15, 0.2) is 24.3 Å². The Morgan fingerprint density at radius 3 is 2.41 bits per heavy atom. The highest BCUT2D eigenvalue weighted by Crippen LogP contribution is 2.22. The fourth-order valence-corrected chi connectivity index (χ4v) is 2.87. The number of aromatic hydroxyl groups is 1. The minimum absolute atomic E-state index is 0.0160. The number of amides is 4. The van der Waals surface area contributed by atoms with E-state index in [-0.39, 0.29) is 73.6 Å². The number of anilines is 1. The maximum Gasteiger partial charge on any atom is 0.305 e. The van der Waals surface area contributed by atoms with E-state index in [0.717, 1.165) is 4.90 Å². The van der Waals surface area contributed by atoms with E-state index in [9.17, 15) is 29.1 Å². The SMILES string of the molecule is CCC(=O)OC.CCC1CC(=O)N(CCC(=O)NCCC(=O)Nc2cccc(O)c2)C1=O. The molecule has 1 heterocycles. The number of carbonyl (C=O) groups excluding carboxylic acids is 5. The van der Waals surface area contributed by atoms with E-state index >= 15 is 0 Å². The predicted octanol–water partition coefficient (Wildman–Crippen LogP) is 1.58. The number of nitrogens with one attached hydrogen (secondary N) is 2. The maximum atomic E-state index is 12.0. The van der Waals surface area contributed by atoms with Gasteiger partial charge in [-0.15, -0.1) is 0 Å². The number of benzene rings is 1. The molecule has 1 aromatic carbocycles. The van der Waals surface area contributed by atoms with Gasteiger partial charge in [-0.25, -0.2) is 0 Å². The van der Waals surface area contributed by atoms with Crippen molar-refractivity contribution in [3.05, 3.63) is 24.3 Å². The number of esters is 1. The number of imide groups is 1. The summed E-state index contributed by atoms with van der Waals surface area (Å²) in [4.78, 5) is 58.4. The van der Waals surface area contributed by atoms with Crippen LogP contribution in [0.1, 0.15) is 46.0 Å². The molecule has 0 aliphatic carbocycles. The molecule has 10 heteroatoms. The van der Waals surface area contributed by atoms with Gasteiger partial charge in [0.1, 0.15) is 5.75 Å². The predicted molar refractivity (Wildman–Crippen MR) is 116 cm³/mol. The van der Waals surface area contributed by atoms with Crippen molar-refractivity contribution in [1.29, 1.82) is 0 Å². The van der Waals surface area contributed by atoms with Crippen LogP contribution in [0.5, 0.6) is 5.75 Å². The standard InChI is InChI=1S/C18H23N3O5.C4H8O2/c1-2-12-10-17(25)21(18(12)26)9-7-15(23)19-8-6-16(24)20-13-4-3-5-14(22)11-13;1-3-4(5)6-2/h3-5,11-12,22H,2,6-10H2,1H3,(H,19,23)(H,20,24);3H2,1-2H3. The van der Waals surface area contributed by atoms with Crippen molar-refractivity contribution >= 4 is 35.3 Å². The third-order valence-corrected chi connectivity index (χ3v) is 4.71. The van der Waals surface area contributed by atoms with Gasteiger partial charge in [0.15, 0.2) is 0 Å². The zero-order chi connectivity index (χ0) is 24.1. The van der Waals surface area contributed by atoms with Crippen LogP contribution in [0.25, 0.3) is 0 Å². The summed E-state index contributed by atoms with van der Waals surface area (Å²) in [6.07, 6.45) is 1.38. The monoisotopic (exact) mass is 449 g/mol. The Bertz CT molecular complexity index is 819. The second-order valence-corrected chi connectivity index (χ2v) is 7.07. The molecule has 0 aromatic heterocycles. The first kappa shape index (κ1) is 26.6. The first-order chi connectivity index (χ1) is 15.2. The van der Waals surface area contributed by atoms with Crippen LogP contribution in [-0.2, 0) is 28.7 Å². The molecule has 0 saturated carbocycles. The fourth-order valence-electron chi connectivity index (χ4n) is 2.87. The van der Waals surface area contributed by atoms with E-state index in [1.807, 2.05) is 6.92 Å². The molecule has 1 saturated heterocycles. The van der Waals surface area contributed by atoms with Gasteiger partial charge in [0.25, 0.3) is 0 Å². The van der Waals surface area contributed by atoms with E-state index < -0.39 is 0 Å². The Hall–Kier alpha value is -3.43. The summed E-state index contributed by atoms with van der Waals surface area (Å²) >= 11 is 0. The number of hydrogen-bond donors (Lipinski definition) is 3. The molecule has 1 atom stereocenters. The molecule has 1 aromatic rings. The van der Waals surface area contributed by atoms with Crippen molar-refractivity contribution in [2.75, 3.05) is 25.5 Å². The Morgan fingerprint density at radius 1 is 1.16 bits per heavy atom. The van der Waals surface area contributed by atoms with E-state index in [1.165, 1.54) is 19.2 Å². The summed E-state index contributed by atoms with van der Waals surface area (Å²) < 4.78 is 4.26. The average molecular weight is 450 g/mol. The minimum atomic E-state index is -0.323. The highest BCUT2D eigenvalue weighted by atomic mass is 16.5. The number of nitrogens with zero attached hydrogens (tertiary/aromatic N) is 1. The lowest BCUT2D eigenvalue weighted by atomic mass is 10.1. The van der Waals surface area contributed by atoms with Crippen molar-refractivity contribution < 1.29 is 33.8 Å². The van der Waals surface area contributed by atoms with Gasteiger partial charge >= 0.3 is 5.97 Å². The molecule has 0 radical (unpaired) electrons. The van der Waals surface area contributed by atoms with Gasteiger partial charge in [-0.3, -0.25) is 28.9 Å². The number of phenolic OH excluding ortho intramolecular Hbond substituents is 1. The second-order valence-electron chi connectivity index (χ2n) is 7.07. The number of phenols is 1. The Morgan fingerprint density at radius 2 is 1.88 bits per heavy atom. The van der Waals surface area contributed by atoms with E-state index in [4.69, 9.17) is 0 Å². The fraction of sp³-hybridized carbons (Fsp3) is 0.500. The number of methoxy groups -OCH3 is 1. The van der Waals surface area contributed by atoms with Crippen LogP contribution < -0.4 is 10.6 Å². The third-order valence-electron chi connectivity index (χ3n) is 4.71. The molecule has 3 N–H and O–H groups in total. The molecule has 1 fully saturated rings. The molecule has 2 rings (SSSR count). The van der Waals surface area contributed by atoms with Crippen LogP contribution >= 0.6 is 0 Å². The lowest BCUT2D eigenvalue weighted by Gasteiger charge is -2.14. The van der Waals surface area contributed by atoms with Crippen LogP contribution in [0.2, 0.25) is 0 Å². The van der Waals surface area contributed by atoms with E-state index in [0.29, 0.717) is 18.5 Å². The van der Waals surface area contributed by atoms with Crippen molar-refractivity contribution in [1.82, 2.24) is 10.2 Å². The Labute approximate surface area is 187 Å². The smallest absolute Gasteiger partial charge is 0.305 e. The summed E-state index contributed by atoms with van der Waals surface area (Å²) in [5.74, 6) is -1.45. The number of ether oxygens (including phenoxy) is 1. The van der Waals surface area contributed by atoms with Crippen LogP contribution in [0, 0.1) is 5.92 Å². The highest BCUT2D eigenvalue weighted by Gasteiger charge is 2.37. The maximum absolute atomic E-state index is 12.0. The largest absolute Gasteiger partial charge is 0.508 e. The third kappa shape index (κ3) is 9.15. The van der Waals surface area contributed by atoms with Crippen LogP contribution in [0.3, 0.4) is 0 Å². The van der Waals surface area contributed by atoms with Crippen molar-refractivity contribution in [2.24, 2.45) is 5.92 Å². The molecule has 10 nitrogen and oxygen atoms in total. The van der Waals surface area contributed by atoms with Crippen molar-refractivity contribution in [2.45, 2.75) is 46.0 Å². The molecular formula is C22H31N3O7. The Balaban J connectivity index is 0.000000751. The summed E-state index contributed by atoms with van der Waals surface area (Å²) in [5, 5.41) is 14.5. The summed E-state index contributed by atoms with van der Waals surface area (Å²) in [5.41, 5.74) is 0.470. The number of rotatable bonds is 9. The second kappa shape index (κ2) is 13.8. The highest BCUT2D eigenvalue weighted by molar-refractivity contribution is 6.03. The summed E-state index contributed by atoms with van der Waals surface area (Å²) in [6, 6.07) is 6.17. The molecule has 4 amide bonds.